The van der Waals surface area contributed by atoms with Gasteiger partial charge < -0.3 is 14.5 Å². The zero-order valence-corrected chi connectivity index (χ0v) is 19.2. The van der Waals surface area contributed by atoms with E-state index < -0.39 is 17.2 Å². The minimum absolute atomic E-state index is 0.0327. The van der Waals surface area contributed by atoms with Crippen LogP contribution in [-0.4, -0.2) is 36.5 Å². The molecule has 176 valence electrons. The Balaban J connectivity index is 1.49. The summed E-state index contributed by atoms with van der Waals surface area (Å²) in [5.41, 5.74) is 1.36. The zero-order chi connectivity index (χ0) is 24.7. The van der Waals surface area contributed by atoms with Crippen molar-refractivity contribution in [2.45, 2.75) is 26.9 Å². The van der Waals surface area contributed by atoms with Crippen molar-refractivity contribution in [1.82, 2.24) is 29.4 Å². The van der Waals surface area contributed by atoms with Crippen molar-refractivity contribution >= 4 is 27.8 Å². The van der Waals surface area contributed by atoms with Gasteiger partial charge in [-0.15, -0.1) is 0 Å². The Hall–Kier alpha value is -4.60. The average Bonchev–Trinajstić information content (AvgIpc) is 2.84. The molecule has 3 heterocycles. The lowest BCUT2D eigenvalue weighted by Gasteiger charge is -2.17. The molecule has 0 fully saturated rings. The van der Waals surface area contributed by atoms with Crippen molar-refractivity contribution in [3.05, 3.63) is 90.8 Å². The summed E-state index contributed by atoms with van der Waals surface area (Å²) in [5, 5.41) is 3.27. The number of pyridine rings is 1. The fourth-order valence-corrected chi connectivity index (χ4v) is 4.27. The van der Waals surface area contributed by atoms with Crippen LogP contribution in [0.2, 0.25) is 0 Å². The van der Waals surface area contributed by atoms with Gasteiger partial charge in [0.1, 0.15) is 5.56 Å². The molecule has 0 saturated heterocycles. The molecular weight excluding hydrogens is 448 g/mol. The number of hydrogen-bond acceptors (Lipinski definition) is 6. The maximum Gasteiger partial charge on any atom is 0.349 e. The Kier molecular flexibility index (Phi) is 5.48. The Morgan fingerprint density at radius 2 is 1.86 bits per heavy atom. The molecule has 0 unspecified atom stereocenters. The van der Waals surface area contributed by atoms with Crippen molar-refractivity contribution in [1.29, 1.82) is 0 Å². The van der Waals surface area contributed by atoms with E-state index >= 15 is 0 Å². The minimum Gasteiger partial charge on any atom is -0.350 e. The van der Waals surface area contributed by atoms with Gasteiger partial charge >= 0.3 is 5.69 Å². The lowest BCUT2D eigenvalue weighted by atomic mass is 10.1. The number of carbonyl (C=O) groups is 1. The largest absolute Gasteiger partial charge is 0.350 e. The zero-order valence-electron chi connectivity index (χ0n) is 19.2. The summed E-state index contributed by atoms with van der Waals surface area (Å²) in [6.07, 6.45) is 1.58. The highest BCUT2D eigenvalue weighted by atomic mass is 16.2. The molecule has 5 rings (SSSR count). The molecule has 1 amide bonds. The summed E-state index contributed by atoms with van der Waals surface area (Å²) >= 11 is 0. The van der Waals surface area contributed by atoms with Crippen LogP contribution < -0.4 is 22.0 Å². The van der Waals surface area contributed by atoms with Gasteiger partial charge in [-0.25, -0.2) is 9.78 Å². The summed E-state index contributed by atoms with van der Waals surface area (Å²) in [7, 11) is 0. The number of aryl methyl sites for hydroxylation is 2. The molecule has 1 aromatic heterocycles. The van der Waals surface area contributed by atoms with Crippen molar-refractivity contribution in [3.8, 4) is 11.5 Å². The van der Waals surface area contributed by atoms with Crippen LogP contribution in [0.1, 0.15) is 22.8 Å². The summed E-state index contributed by atoms with van der Waals surface area (Å²) in [6.45, 7) is 4.84. The first-order valence-corrected chi connectivity index (χ1v) is 11.2. The molecule has 0 saturated carbocycles. The van der Waals surface area contributed by atoms with Crippen LogP contribution in [0.5, 0.6) is 0 Å². The van der Waals surface area contributed by atoms with Gasteiger partial charge in [0.15, 0.2) is 11.5 Å². The van der Waals surface area contributed by atoms with E-state index in [9.17, 15) is 19.2 Å². The van der Waals surface area contributed by atoms with Crippen molar-refractivity contribution in [3.63, 3.8) is 0 Å². The number of nitrogens with zero attached hydrogens (tertiary/aromatic N) is 4. The SMILES string of the molecule is CCn1cc(C(=O)NCCn2c3nc(=O)[nH]c(=O)c-3nc3ccccc32)c(=O)c2ccc(C)cc21. The smallest absolute Gasteiger partial charge is 0.349 e. The van der Waals surface area contributed by atoms with Gasteiger partial charge in [-0.2, -0.15) is 4.98 Å². The van der Waals surface area contributed by atoms with E-state index in [-0.39, 0.29) is 35.6 Å². The third kappa shape index (κ3) is 3.88. The topological polar surface area (TPSA) is 132 Å². The summed E-state index contributed by atoms with van der Waals surface area (Å²) in [5.74, 6) is -0.376. The Morgan fingerprint density at radius 3 is 2.66 bits per heavy atom. The van der Waals surface area contributed by atoms with Crippen LogP contribution >= 0.6 is 0 Å². The third-order valence-electron chi connectivity index (χ3n) is 5.96. The second-order valence-corrected chi connectivity index (χ2v) is 8.23. The number of aromatic amines is 1. The first kappa shape index (κ1) is 22.2. The Bertz CT molecular complexity index is 1760. The number of H-pyrrole nitrogens is 1. The number of aromatic nitrogens is 5. The fourth-order valence-electron chi connectivity index (χ4n) is 4.27. The quantitative estimate of drug-likeness (QED) is 0.376. The van der Waals surface area contributed by atoms with Gasteiger partial charge in [0.2, 0.25) is 5.43 Å². The van der Waals surface area contributed by atoms with E-state index in [0.717, 1.165) is 11.1 Å². The average molecular weight is 470 g/mol. The molecule has 2 N–H and O–H groups in total. The number of rotatable bonds is 5. The lowest BCUT2D eigenvalue weighted by Crippen LogP contribution is -2.33. The molecule has 0 radical (unpaired) electrons. The lowest BCUT2D eigenvalue weighted by molar-refractivity contribution is 0.0951. The molecule has 2 aliphatic heterocycles. The van der Waals surface area contributed by atoms with Crippen molar-refractivity contribution in [2.75, 3.05) is 6.54 Å². The summed E-state index contributed by atoms with van der Waals surface area (Å²) < 4.78 is 3.55. The van der Waals surface area contributed by atoms with Crippen LogP contribution in [-0.2, 0) is 13.1 Å². The molecular formula is C25H22N6O4. The highest BCUT2D eigenvalue weighted by Gasteiger charge is 2.19. The standard InChI is InChI=1S/C25H22N6O4/c1-3-30-13-16(21(32)15-9-8-14(2)12-19(15)30)23(33)26-10-11-31-18-7-5-4-6-17(18)27-20-22(31)28-25(35)29-24(20)34/h4-9,12-13H,3,10-11H2,1-2H3,(H,26,33)(H,29,34,35). The van der Waals surface area contributed by atoms with E-state index in [0.29, 0.717) is 23.0 Å². The Labute approximate surface area is 198 Å². The van der Waals surface area contributed by atoms with E-state index in [1.165, 1.54) is 0 Å². The molecule has 10 heteroatoms. The van der Waals surface area contributed by atoms with Gasteiger partial charge in [-0.1, -0.05) is 18.2 Å². The highest BCUT2D eigenvalue weighted by Crippen LogP contribution is 2.20. The van der Waals surface area contributed by atoms with Gasteiger partial charge in [0, 0.05) is 31.2 Å². The van der Waals surface area contributed by atoms with E-state index in [1.54, 1.807) is 41.1 Å². The van der Waals surface area contributed by atoms with Gasteiger partial charge in [-0.3, -0.25) is 19.4 Å². The fraction of sp³-hybridized carbons (Fsp3) is 0.200. The van der Waals surface area contributed by atoms with Crippen LogP contribution in [0.15, 0.2) is 63.0 Å². The normalized spacial score (nSPS) is 11.4. The maximum atomic E-state index is 13.0. The number of carbonyl (C=O) groups excluding carboxylic acids is 1. The second-order valence-electron chi connectivity index (χ2n) is 8.23. The number of nitrogens with one attached hydrogen (secondary N) is 2. The second kappa shape index (κ2) is 8.64. The first-order chi connectivity index (χ1) is 16.9. The highest BCUT2D eigenvalue weighted by molar-refractivity contribution is 5.97. The number of benzene rings is 2. The predicted octanol–water partition coefficient (Wildman–Crippen LogP) is 1.66. The van der Waals surface area contributed by atoms with Gasteiger partial charge in [0.05, 0.1) is 16.6 Å². The Morgan fingerprint density at radius 1 is 1.06 bits per heavy atom. The van der Waals surface area contributed by atoms with Gasteiger partial charge in [-0.05, 0) is 43.7 Å². The van der Waals surface area contributed by atoms with Crippen LogP contribution in [0.4, 0.5) is 0 Å². The number of amides is 1. The first-order valence-electron chi connectivity index (χ1n) is 11.2. The molecule has 2 aromatic carbocycles. The molecule has 0 spiro atoms. The maximum absolute atomic E-state index is 13.0. The monoisotopic (exact) mass is 470 g/mol. The van der Waals surface area contributed by atoms with E-state index in [2.05, 4.69) is 20.3 Å². The summed E-state index contributed by atoms with van der Waals surface area (Å²) in [6, 6.07) is 12.7. The molecule has 0 atom stereocenters. The summed E-state index contributed by atoms with van der Waals surface area (Å²) in [4.78, 5) is 60.6. The molecule has 0 aliphatic carbocycles. The number of hydrogen-bond donors (Lipinski definition) is 2. The van der Waals surface area contributed by atoms with Crippen LogP contribution in [0.25, 0.3) is 33.5 Å². The molecule has 0 bridgehead atoms. The third-order valence-corrected chi connectivity index (χ3v) is 5.96. The van der Waals surface area contributed by atoms with Gasteiger partial charge in [0.25, 0.3) is 11.5 Å². The number of fused-ring (bicyclic) bond motifs is 3. The predicted molar refractivity (Wildman–Crippen MR) is 132 cm³/mol. The van der Waals surface area contributed by atoms with Crippen LogP contribution in [0, 0.1) is 6.92 Å². The molecule has 2 aliphatic rings. The van der Waals surface area contributed by atoms with Crippen molar-refractivity contribution < 1.29 is 4.79 Å². The minimum atomic E-state index is -0.774. The van der Waals surface area contributed by atoms with E-state index in [4.69, 9.17) is 0 Å². The molecule has 10 nitrogen and oxygen atoms in total. The van der Waals surface area contributed by atoms with Crippen LogP contribution in [0.3, 0.4) is 0 Å². The number of para-hydroxylation sites is 2. The van der Waals surface area contributed by atoms with E-state index in [1.807, 2.05) is 30.5 Å². The molecule has 35 heavy (non-hydrogen) atoms. The van der Waals surface area contributed by atoms with Crippen molar-refractivity contribution in [2.24, 2.45) is 0 Å². The molecule has 3 aromatic rings.